The molecule has 0 spiro atoms. The molecule has 0 radical (unpaired) electrons. The Morgan fingerprint density at radius 1 is 1.25 bits per heavy atom. The first-order valence-electron chi connectivity index (χ1n) is 5.70. The molecule has 0 aliphatic rings. The third kappa shape index (κ3) is 2.42. The largest absolute Gasteiger partial charge is 0.361 e. The van der Waals surface area contributed by atoms with Gasteiger partial charge in [-0.3, -0.25) is 0 Å². The van der Waals surface area contributed by atoms with Gasteiger partial charge in [0.25, 0.3) is 0 Å². The van der Waals surface area contributed by atoms with Gasteiger partial charge < -0.3 is 10.7 Å². The first-order chi connectivity index (χ1) is 7.81. The lowest BCUT2D eigenvalue weighted by molar-refractivity contribution is 0.300. The zero-order chi connectivity index (χ0) is 11.4. The van der Waals surface area contributed by atoms with Crippen molar-refractivity contribution in [3.63, 3.8) is 0 Å². The van der Waals surface area contributed by atoms with Crippen LogP contribution in [-0.2, 0) is 6.42 Å². The fraction of sp³-hybridized carbons (Fsp3) is 0.385. The first-order valence-corrected chi connectivity index (χ1v) is 5.70. The van der Waals surface area contributed by atoms with Gasteiger partial charge in [-0.1, -0.05) is 18.2 Å². The monoisotopic (exact) mass is 220 g/mol. The highest BCUT2D eigenvalue weighted by Crippen LogP contribution is 2.20. The van der Waals surface area contributed by atoms with Crippen LogP contribution in [0.2, 0.25) is 0 Å². The summed E-state index contributed by atoms with van der Waals surface area (Å²) in [7, 11) is 0. The number of fused-ring (bicyclic) bond motifs is 1. The minimum atomic E-state index is -0.779. The topological polar surface area (TPSA) is 41.8 Å². The number of aromatic amines is 1. The Morgan fingerprint density at radius 3 is 2.88 bits per heavy atom. The van der Waals surface area contributed by atoms with E-state index in [1.165, 1.54) is 10.9 Å². The number of halogens is 1. The minimum Gasteiger partial charge on any atom is -0.361 e. The van der Waals surface area contributed by atoms with Crippen molar-refractivity contribution in [3.8, 4) is 0 Å². The van der Waals surface area contributed by atoms with Gasteiger partial charge in [0.05, 0.1) is 0 Å². The van der Waals surface area contributed by atoms with Crippen LogP contribution < -0.4 is 5.73 Å². The van der Waals surface area contributed by atoms with Gasteiger partial charge in [0.2, 0.25) is 0 Å². The third-order valence-corrected chi connectivity index (χ3v) is 2.88. The highest BCUT2D eigenvalue weighted by Gasteiger charge is 2.08. The number of hydrogen-bond acceptors (Lipinski definition) is 1. The number of nitrogens with one attached hydrogen (secondary N) is 1. The molecule has 3 N–H and O–H groups in total. The highest BCUT2D eigenvalue weighted by atomic mass is 19.1. The van der Waals surface area contributed by atoms with Gasteiger partial charge in [0.15, 0.2) is 0 Å². The smallest absolute Gasteiger partial charge is 0.102 e. The van der Waals surface area contributed by atoms with Crippen molar-refractivity contribution in [1.82, 2.24) is 4.98 Å². The van der Waals surface area contributed by atoms with E-state index in [1.54, 1.807) is 0 Å². The Labute approximate surface area is 94.7 Å². The molecule has 0 saturated carbocycles. The summed E-state index contributed by atoms with van der Waals surface area (Å²) in [6, 6.07) is 8.10. The van der Waals surface area contributed by atoms with E-state index in [0.29, 0.717) is 19.4 Å². The molecule has 0 saturated heterocycles. The van der Waals surface area contributed by atoms with Crippen LogP contribution in [0.5, 0.6) is 0 Å². The van der Waals surface area contributed by atoms with Gasteiger partial charge >= 0.3 is 0 Å². The quantitative estimate of drug-likeness (QED) is 0.799. The van der Waals surface area contributed by atoms with E-state index in [-0.39, 0.29) is 0 Å². The van der Waals surface area contributed by atoms with Crippen LogP contribution in [-0.4, -0.2) is 17.7 Å². The van der Waals surface area contributed by atoms with Gasteiger partial charge in [-0.25, -0.2) is 4.39 Å². The predicted molar refractivity (Wildman–Crippen MR) is 65.2 cm³/mol. The van der Waals surface area contributed by atoms with Crippen LogP contribution >= 0.6 is 0 Å². The summed E-state index contributed by atoms with van der Waals surface area (Å²) in [6.07, 6.45) is 2.98. The standard InChI is InChI=1S/C13H17FN2/c14-11(7-8-15)6-5-10-9-16-13-4-2-1-3-12(10)13/h1-4,9,11,16H,5-8,15H2. The molecule has 2 rings (SSSR count). The van der Waals surface area contributed by atoms with E-state index in [0.717, 1.165) is 11.9 Å². The van der Waals surface area contributed by atoms with Crippen molar-refractivity contribution in [2.45, 2.75) is 25.4 Å². The van der Waals surface area contributed by atoms with Crippen molar-refractivity contribution in [2.24, 2.45) is 5.73 Å². The van der Waals surface area contributed by atoms with Gasteiger partial charge in [-0.05, 0) is 37.4 Å². The maximum Gasteiger partial charge on any atom is 0.102 e. The van der Waals surface area contributed by atoms with Crippen LogP contribution in [0, 0.1) is 0 Å². The number of rotatable bonds is 5. The van der Waals surface area contributed by atoms with Crippen LogP contribution in [0.4, 0.5) is 4.39 Å². The van der Waals surface area contributed by atoms with Crippen LogP contribution in [0.25, 0.3) is 10.9 Å². The molecule has 0 aliphatic heterocycles. The summed E-state index contributed by atoms with van der Waals surface area (Å²) in [4.78, 5) is 3.20. The lowest BCUT2D eigenvalue weighted by Crippen LogP contribution is -2.09. The number of aromatic nitrogens is 1. The fourth-order valence-electron chi connectivity index (χ4n) is 1.98. The van der Waals surface area contributed by atoms with Crippen molar-refractivity contribution in [2.75, 3.05) is 6.54 Å². The zero-order valence-electron chi connectivity index (χ0n) is 9.25. The van der Waals surface area contributed by atoms with Crippen molar-refractivity contribution in [1.29, 1.82) is 0 Å². The third-order valence-electron chi connectivity index (χ3n) is 2.88. The lowest BCUT2D eigenvalue weighted by atomic mass is 10.1. The molecule has 1 atom stereocenters. The summed E-state index contributed by atoms with van der Waals surface area (Å²) in [5.41, 5.74) is 7.63. The van der Waals surface area contributed by atoms with Gasteiger partial charge in [0, 0.05) is 17.1 Å². The number of nitrogens with two attached hydrogens (primary N) is 1. The molecule has 1 unspecified atom stereocenters. The number of aryl methyl sites for hydroxylation is 1. The van der Waals surface area contributed by atoms with E-state index in [9.17, 15) is 4.39 Å². The molecular weight excluding hydrogens is 203 g/mol. The zero-order valence-corrected chi connectivity index (χ0v) is 9.25. The second-order valence-electron chi connectivity index (χ2n) is 4.07. The molecule has 1 aromatic heterocycles. The van der Waals surface area contributed by atoms with Crippen LogP contribution in [0.3, 0.4) is 0 Å². The normalized spacial score (nSPS) is 13.1. The van der Waals surface area contributed by atoms with Crippen LogP contribution in [0.1, 0.15) is 18.4 Å². The number of H-pyrrole nitrogens is 1. The number of alkyl halides is 1. The van der Waals surface area contributed by atoms with E-state index in [2.05, 4.69) is 11.1 Å². The summed E-state index contributed by atoms with van der Waals surface area (Å²) in [5, 5.41) is 1.20. The number of hydrogen-bond donors (Lipinski definition) is 2. The van der Waals surface area contributed by atoms with Crippen molar-refractivity contribution >= 4 is 10.9 Å². The molecule has 1 heterocycles. The second kappa shape index (κ2) is 5.12. The molecule has 3 heteroatoms. The Hall–Kier alpha value is -1.35. The number of benzene rings is 1. The molecule has 0 aliphatic carbocycles. The van der Waals surface area contributed by atoms with E-state index in [4.69, 9.17) is 5.73 Å². The Morgan fingerprint density at radius 2 is 2.06 bits per heavy atom. The molecular formula is C13H17FN2. The maximum absolute atomic E-state index is 13.3. The molecule has 2 aromatic rings. The highest BCUT2D eigenvalue weighted by molar-refractivity contribution is 5.82. The molecule has 0 fully saturated rings. The van der Waals surface area contributed by atoms with Gasteiger partial charge in [-0.15, -0.1) is 0 Å². The fourth-order valence-corrected chi connectivity index (χ4v) is 1.98. The summed E-state index contributed by atoms with van der Waals surface area (Å²) in [6.45, 7) is 0.426. The first kappa shape index (κ1) is 11.1. The Balaban J connectivity index is 2.04. The van der Waals surface area contributed by atoms with E-state index in [1.807, 2.05) is 24.4 Å². The Bertz CT molecular complexity index is 450. The summed E-state index contributed by atoms with van der Waals surface area (Å²) < 4.78 is 13.3. The van der Waals surface area contributed by atoms with E-state index >= 15 is 0 Å². The lowest BCUT2D eigenvalue weighted by Gasteiger charge is -2.05. The molecule has 16 heavy (non-hydrogen) atoms. The molecule has 0 bridgehead atoms. The SMILES string of the molecule is NCCC(F)CCc1c[nH]c2ccccc12. The van der Waals surface area contributed by atoms with Crippen molar-refractivity contribution < 1.29 is 4.39 Å². The minimum absolute atomic E-state index is 0.426. The molecule has 1 aromatic carbocycles. The summed E-state index contributed by atoms with van der Waals surface area (Å²) >= 11 is 0. The van der Waals surface area contributed by atoms with Crippen molar-refractivity contribution in [3.05, 3.63) is 36.0 Å². The summed E-state index contributed by atoms with van der Waals surface area (Å²) in [5.74, 6) is 0. The molecule has 0 amide bonds. The Kier molecular flexibility index (Phi) is 3.57. The average Bonchev–Trinajstić information content (AvgIpc) is 2.70. The van der Waals surface area contributed by atoms with Crippen LogP contribution in [0.15, 0.2) is 30.5 Å². The van der Waals surface area contributed by atoms with Gasteiger partial charge in [0.1, 0.15) is 6.17 Å². The maximum atomic E-state index is 13.3. The number of para-hydroxylation sites is 1. The second-order valence-corrected chi connectivity index (χ2v) is 4.07. The predicted octanol–water partition coefficient (Wildman–Crippen LogP) is 2.79. The average molecular weight is 220 g/mol. The molecule has 86 valence electrons. The van der Waals surface area contributed by atoms with E-state index < -0.39 is 6.17 Å². The molecule has 2 nitrogen and oxygen atoms in total. The van der Waals surface area contributed by atoms with Gasteiger partial charge in [-0.2, -0.15) is 0 Å².